The molecule has 0 bridgehead atoms. The number of hydrogen-bond donors (Lipinski definition) is 2. The molecule has 0 heterocycles. The number of rotatable bonds is 2. The Bertz CT molecular complexity index is 174. The summed E-state index contributed by atoms with van der Waals surface area (Å²) in [5, 5.41) is 15.7. The van der Waals surface area contributed by atoms with Gasteiger partial charge in [0.2, 0.25) is 0 Å². The van der Waals surface area contributed by atoms with Gasteiger partial charge in [0, 0.05) is 28.9 Å². The largest absolute Gasteiger partial charge is 0.478 e. The fourth-order valence-electron chi connectivity index (χ4n) is 0.285. The summed E-state index contributed by atoms with van der Waals surface area (Å²) in [6.07, 6.45) is 5.12. The van der Waals surface area contributed by atoms with E-state index < -0.39 is 11.9 Å². The van der Waals surface area contributed by atoms with Gasteiger partial charge in [0.25, 0.3) is 0 Å². The van der Waals surface area contributed by atoms with Gasteiger partial charge >= 0.3 is 11.9 Å². The van der Waals surface area contributed by atoms with Crippen molar-refractivity contribution in [3.8, 4) is 0 Å². The van der Waals surface area contributed by atoms with E-state index in [-0.39, 0.29) is 16.8 Å². The quantitative estimate of drug-likeness (QED) is 0.702. The number of aliphatic carboxylic acids is 2. The van der Waals surface area contributed by atoms with Crippen molar-refractivity contribution in [3.63, 3.8) is 0 Å². The smallest absolute Gasteiger partial charge is 0.327 e. The molecule has 0 aromatic heterocycles. The predicted octanol–water partition coefficient (Wildman–Crippen LogP) is 1.29. The Morgan fingerprint density at radius 3 is 1.15 bits per heavy atom. The number of carboxylic acid groups (broad SMARTS) is 2. The van der Waals surface area contributed by atoms with E-state index in [2.05, 4.69) is 0 Å². The van der Waals surface area contributed by atoms with Gasteiger partial charge in [-0.25, -0.2) is 9.59 Å². The van der Waals surface area contributed by atoms with Crippen LogP contribution in [-0.2, 0) is 26.4 Å². The molecule has 1 radical (unpaired) electrons. The standard InChI is InChI=1S/2C4H6O2.Co/c2*1-2-3-4(5)6;/h2*2-3H,1H3,(H,5,6);/b2*3-2+;. The summed E-state index contributed by atoms with van der Waals surface area (Å²) in [5.74, 6) is -1.78. The molecule has 13 heavy (non-hydrogen) atoms. The van der Waals surface area contributed by atoms with E-state index in [0.29, 0.717) is 0 Å². The number of hydrogen-bond acceptors (Lipinski definition) is 2. The Kier molecular flexibility index (Phi) is 18.6. The summed E-state index contributed by atoms with van der Waals surface area (Å²) in [6, 6.07) is 0. The minimum Gasteiger partial charge on any atom is -0.478 e. The summed E-state index contributed by atoms with van der Waals surface area (Å²) in [4.78, 5) is 19.0. The van der Waals surface area contributed by atoms with Crippen LogP contribution < -0.4 is 0 Å². The third-order valence-corrected chi connectivity index (χ3v) is 0.618. The van der Waals surface area contributed by atoms with Crippen LogP contribution in [0.1, 0.15) is 13.8 Å². The minimum absolute atomic E-state index is 0. The van der Waals surface area contributed by atoms with Crippen molar-refractivity contribution < 1.29 is 36.6 Å². The average Bonchev–Trinajstić information content (AvgIpc) is 1.87. The van der Waals surface area contributed by atoms with Gasteiger partial charge in [-0.3, -0.25) is 0 Å². The van der Waals surface area contributed by atoms with E-state index in [1.165, 1.54) is 12.2 Å². The zero-order valence-corrected chi connectivity index (χ0v) is 8.39. The van der Waals surface area contributed by atoms with Crippen LogP contribution in [0.4, 0.5) is 0 Å². The summed E-state index contributed by atoms with van der Waals surface area (Å²) in [6.45, 7) is 3.32. The van der Waals surface area contributed by atoms with Gasteiger partial charge in [-0.1, -0.05) is 12.2 Å². The molecule has 0 unspecified atom stereocenters. The van der Waals surface area contributed by atoms with Crippen molar-refractivity contribution in [1.29, 1.82) is 0 Å². The first-order valence-electron chi connectivity index (χ1n) is 3.25. The van der Waals surface area contributed by atoms with Gasteiger partial charge in [-0.2, -0.15) is 0 Å². The van der Waals surface area contributed by atoms with Crippen LogP contribution in [0.5, 0.6) is 0 Å². The van der Waals surface area contributed by atoms with Crippen LogP contribution in [-0.4, -0.2) is 22.2 Å². The Balaban J connectivity index is -0.000000143. The monoisotopic (exact) mass is 231 g/mol. The van der Waals surface area contributed by atoms with Gasteiger partial charge in [0.05, 0.1) is 0 Å². The van der Waals surface area contributed by atoms with Gasteiger partial charge < -0.3 is 10.2 Å². The summed E-state index contributed by atoms with van der Waals surface area (Å²) in [7, 11) is 0. The third-order valence-electron chi connectivity index (χ3n) is 0.618. The second-order valence-corrected chi connectivity index (χ2v) is 1.68. The third kappa shape index (κ3) is 35.9. The molecule has 0 saturated heterocycles. The van der Waals surface area contributed by atoms with E-state index in [0.717, 1.165) is 12.2 Å². The SMILES string of the molecule is C/C=C/C(=O)O.C/C=C/C(=O)O.[Co]. The molecule has 0 aliphatic heterocycles. The van der Waals surface area contributed by atoms with Gasteiger partial charge in [-0.15, -0.1) is 0 Å². The maximum absolute atomic E-state index is 9.51. The topological polar surface area (TPSA) is 74.6 Å². The molecule has 0 rings (SSSR count). The number of carboxylic acids is 2. The molecule has 4 nitrogen and oxygen atoms in total. The predicted molar refractivity (Wildman–Crippen MR) is 44.9 cm³/mol. The van der Waals surface area contributed by atoms with E-state index in [1.807, 2.05) is 0 Å². The molecule has 0 aromatic rings. The van der Waals surface area contributed by atoms with Crippen molar-refractivity contribution in [2.75, 3.05) is 0 Å². The van der Waals surface area contributed by atoms with E-state index in [4.69, 9.17) is 10.2 Å². The number of allylic oxidation sites excluding steroid dienone is 2. The van der Waals surface area contributed by atoms with Crippen LogP contribution in [0, 0.1) is 0 Å². The fourth-order valence-corrected chi connectivity index (χ4v) is 0.285. The molecule has 0 aliphatic carbocycles. The molecular formula is C8H12CoO4. The van der Waals surface area contributed by atoms with Crippen molar-refractivity contribution in [2.24, 2.45) is 0 Å². The van der Waals surface area contributed by atoms with Gasteiger partial charge in [0.1, 0.15) is 0 Å². The minimum atomic E-state index is -0.891. The zero-order chi connectivity index (χ0) is 9.98. The molecule has 0 saturated carbocycles. The van der Waals surface area contributed by atoms with Gasteiger partial charge in [-0.05, 0) is 13.8 Å². The maximum Gasteiger partial charge on any atom is 0.327 e. The maximum atomic E-state index is 9.51. The summed E-state index contributed by atoms with van der Waals surface area (Å²) < 4.78 is 0. The molecule has 0 atom stereocenters. The molecule has 0 amide bonds. The van der Waals surface area contributed by atoms with Crippen LogP contribution in [0.2, 0.25) is 0 Å². The zero-order valence-electron chi connectivity index (χ0n) is 7.35. The first-order chi connectivity index (χ1) is 5.54. The molecule has 0 fully saturated rings. The molecule has 0 aromatic carbocycles. The molecule has 77 valence electrons. The molecule has 2 N–H and O–H groups in total. The Hall–Kier alpha value is -1.07. The van der Waals surface area contributed by atoms with Crippen LogP contribution in [0.15, 0.2) is 24.3 Å². The molecule has 0 spiro atoms. The van der Waals surface area contributed by atoms with E-state index in [1.54, 1.807) is 13.8 Å². The number of carbonyl (C=O) groups is 2. The molecule has 5 heteroatoms. The van der Waals surface area contributed by atoms with Crippen molar-refractivity contribution in [2.45, 2.75) is 13.8 Å². The van der Waals surface area contributed by atoms with Crippen LogP contribution >= 0.6 is 0 Å². The Labute approximate surface area is 87.2 Å². The normalized spacial score (nSPS) is 8.77. The van der Waals surface area contributed by atoms with Crippen LogP contribution in [0.3, 0.4) is 0 Å². The fraction of sp³-hybridized carbons (Fsp3) is 0.250. The Morgan fingerprint density at radius 1 is 0.923 bits per heavy atom. The molecular weight excluding hydrogens is 219 g/mol. The second kappa shape index (κ2) is 13.5. The van der Waals surface area contributed by atoms with E-state index in [9.17, 15) is 9.59 Å². The van der Waals surface area contributed by atoms with Crippen LogP contribution in [0.25, 0.3) is 0 Å². The molecule has 0 aliphatic rings. The summed E-state index contributed by atoms with van der Waals surface area (Å²) >= 11 is 0. The first-order valence-corrected chi connectivity index (χ1v) is 3.25. The first kappa shape index (κ1) is 17.9. The van der Waals surface area contributed by atoms with E-state index >= 15 is 0 Å². The Morgan fingerprint density at radius 2 is 1.15 bits per heavy atom. The summed E-state index contributed by atoms with van der Waals surface area (Å²) in [5.41, 5.74) is 0. The van der Waals surface area contributed by atoms with Crippen molar-refractivity contribution >= 4 is 11.9 Å². The van der Waals surface area contributed by atoms with Crippen molar-refractivity contribution in [3.05, 3.63) is 24.3 Å². The average molecular weight is 231 g/mol. The van der Waals surface area contributed by atoms with Gasteiger partial charge in [0.15, 0.2) is 0 Å². The van der Waals surface area contributed by atoms with Crippen molar-refractivity contribution in [1.82, 2.24) is 0 Å². The second-order valence-electron chi connectivity index (χ2n) is 1.68.